The van der Waals surface area contributed by atoms with Crippen LogP contribution >= 0.6 is 0 Å². The third-order valence-corrected chi connectivity index (χ3v) is 4.62. The van der Waals surface area contributed by atoms with Crippen molar-refractivity contribution in [3.8, 4) is 0 Å². The molecule has 0 aliphatic carbocycles. The Morgan fingerprint density at radius 1 is 1.36 bits per heavy atom. The second kappa shape index (κ2) is 4.73. The van der Waals surface area contributed by atoms with E-state index in [9.17, 15) is 4.79 Å². The van der Waals surface area contributed by atoms with E-state index in [2.05, 4.69) is 20.6 Å². The first-order valence-electron chi connectivity index (χ1n) is 7.51. The first kappa shape index (κ1) is 13.1. The number of carbonyl (C=O) groups excluding carboxylic acids is 1. The van der Waals surface area contributed by atoms with Crippen LogP contribution in [-0.2, 0) is 20.0 Å². The maximum Gasteiger partial charge on any atom is 0.256 e. The average molecular weight is 296 g/mol. The van der Waals surface area contributed by atoms with Gasteiger partial charge in [-0.3, -0.25) is 4.79 Å². The quantitative estimate of drug-likeness (QED) is 0.790. The molecule has 5 heteroatoms. The van der Waals surface area contributed by atoms with Crippen LogP contribution in [0.1, 0.15) is 28.9 Å². The van der Waals surface area contributed by atoms with Crippen molar-refractivity contribution >= 4 is 16.8 Å². The number of aryl methyl sites for hydroxylation is 2. The lowest BCUT2D eigenvalue weighted by Crippen LogP contribution is -2.37. The number of aromatic nitrogens is 3. The van der Waals surface area contributed by atoms with Crippen LogP contribution < -0.4 is 0 Å². The number of rotatable bonds is 2. The van der Waals surface area contributed by atoms with E-state index in [1.165, 1.54) is 0 Å². The molecule has 1 amide bonds. The summed E-state index contributed by atoms with van der Waals surface area (Å²) in [6.07, 6.45) is 2.57. The Balaban J connectivity index is 0.00000156. The predicted octanol–water partition coefficient (Wildman–Crippen LogP) is 2.65. The van der Waals surface area contributed by atoms with Gasteiger partial charge in [0.1, 0.15) is 0 Å². The van der Waals surface area contributed by atoms with Gasteiger partial charge in [0.15, 0.2) is 0 Å². The number of imidazole rings is 1. The van der Waals surface area contributed by atoms with Crippen LogP contribution in [0.2, 0.25) is 0 Å². The number of hydrogen-bond donors (Lipinski definition) is 1. The normalized spacial score (nSPS) is 14.6. The van der Waals surface area contributed by atoms with Crippen LogP contribution in [0.15, 0.2) is 30.6 Å². The summed E-state index contributed by atoms with van der Waals surface area (Å²) in [6.45, 7) is 3.29. The Bertz CT molecular complexity index is 880. The topological polar surface area (TPSA) is 53.9 Å². The minimum atomic E-state index is 0. The van der Waals surface area contributed by atoms with Crippen molar-refractivity contribution in [2.45, 2.75) is 19.9 Å². The molecule has 0 spiro atoms. The molecule has 1 aromatic carbocycles. The molecular formula is C17H20N4O. The van der Waals surface area contributed by atoms with Gasteiger partial charge >= 0.3 is 0 Å². The predicted molar refractivity (Wildman–Crippen MR) is 86.8 cm³/mol. The molecule has 0 saturated carbocycles. The van der Waals surface area contributed by atoms with Gasteiger partial charge in [-0.15, -0.1) is 0 Å². The molecular weight excluding hydrogens is 276 g/mol. The molecule has 0 atom stereocenters. The maximum atomic E-state index is 13.0. The number of carbonyl (C=O) groups is 1. The lowest BCUT2D eigenvalue weighted by atomic mass is 10.0. The Morgan fingerprint density at radius 2 is 2.18 bits per heavy atom. The first-order chi connectivity index (χ1) is 10.7. The highest BCUT2D eigenvalue weighted by atomic mass is 16.2. The Kier molecular flexibility index (Phi) is 2.82. The molecule has 5 nitrogen and oxygen atoms in total. The van der Waals surface area contributed by atoms with Crippen molar-refractivity contribution in [2.75, 3.05) is 6.54 Å². The van der Waals surface area contributed by atoms with Crippen LogP contribution in [0.25, 0.3) is 10.9 Å². The fourth-order valence-corrected chi connectivity index (χ4v) is 3.36. The first-order valence-corrected chi connectivity index (χ1v) is 7.51. The highest BCUT2D eigenvalue weighted by Crippen LogP contribution is 2.30. The Morgan fingerprint density at radius 3 is 2.95 bits per heavy atom. The van der Waals surface area contributed by atoms with Crippen LogP contribution in [0.5, 0.6) is 0 Å². The minimum Gasteiger partial charge on any atom is -0.348 e. The SMILES string of the molecule is Cc1[nH]cnc1CN1CCc2c(c3ccccc3n2C)C1=O.[HH]. The van der Waals surface area contributed by atoms with Crippen molar-refractivity contribution < 1.29 is 6.22 Å². The number of aromatic amines is 1. The van der Waals surface area contributed by atoms with Crippen molar-refractivity contribution in [1.82, 2.24) is 19.4 Å². The monoisotopic (exact) mass is 296 g/mol. The van der Waals surface area contributed by atoms with Gasteiger partial charge < -0.3 is 14.5 Å². The van der Waals surface area contributed by atoms with Gasteiger partial charge in [0.25, 0.3) is 5.91 Å². The Hall–Kier alpha value is -2.56. The zero-order valence-corrected chi connectivity index (χ0v) is 12.8. The second-order valence-electron chi connectivity index (χ2n) is 5.85. The third-order valence-electron chi connectivity index (χ3n) is 4.62. The van der Waals surface area contributed by atoms with Crippen LogP contribution in [0.4, 0.5) is 0 Å². The van der Waals surface area contributed by atoms with Crippen LogP contribution in [0, 0.1) is 6.92 Å². The van der Waals surface area contributed by atoms with E-state index in [0.29, 0.717) is 6.54 Å². The number of amides is 1. The van der Waals surface area contributed by atoms with Gasteiger partial charge in [0.2, 0.25) is 0 Å². The van der Waals surface area contributed by atoms with Gasteiger partial charge in [0, 0.05) is 43.7 Å². The average Bonchev–Trinajstić information content (AvgIpc) is 3.05. The fourth-order valence-electron chi connectivity index (χ4n) is 3.36. The molecule has 1 N–H and O–H groups in total. The molecule has 3 heterocycles. The molecule has 0 fully saturated rings. The number of H-pyrrole nitrogens is 1. The summed E-state index contributed by atoms with van der Waals surface area (Å²) in [5, 5.41) is 1.05. The van der Waals surface area contributed by atoms with E-state index >= 15 is 0 Å². The van der Waals surface area contributed by atoms with Crippen LogP contribution in [-0.4, -0.2) is 31.9 Å². The Labute approximate surface area is 130 Å². The molecule has 0 radical (unpaired) electrons. The number of hydrogen-bond acceptors (Lipinski definition) is 2. The molecule has 4 rings (SSSR count). The van der Waals surface area contributed by atoms with Gasteiger partial charge in [-0.1, -0.05) is 18.2 Å². The fraction of sp³-hybridized carbons (Fsp3) is 0.294. The van der Waals surface area contributed by atoms with Gasteiger partial charge in [0.05, 0.1) is 24.1 Å². The number of fused-ring (bicyclic) bond motifs is 3. The van der Waals surface area contributed by atoms with E-state index in [1.807, 2.05) is 37.1 Å². The number of para-hydroxylation sites is 1. The van der Waals surface area contributed by atoms with Crippen molar-refractivity contribution in [2.24, 2.45) is 7.05 Å². The summed E-state index contributed by atoms with van der Waals surface area (Å²) in [5.74, 6) is 0.112. The lowest BCUT2D eigenvalue weighted by molar-refractivity contribution is 0.0725. The smallest absolute Gasteiger partial charge is 0.256 e. The number of nitrogens with zero attached hydrogens (tertiary/aromatic N) is 3. The standard InChI is InChI=1S/C17H18N4O.H2/c1-11-13(19-10-18-11)9-21-8-7-15-16(17(21)22)12-5-3-4-6-14(12)20(15)2;/h3-6,10H,7-9H2,1-2H3,(H,18,19);1H. The van der Waals surface area contributed by atoms with E-state index < -0.39 is 0 Å². The molecule has 1 aliphatic heterocycles. The molecule has 1 aliphatic rings. The summed E-state index contributed by atoms with van der Waals surface area (Å²) in [6, 6.07) is 8.12. The summed E-state index contributed by atoms with van der Waals surface area (Å²) >= 11 is 0. The lowest BCUT2D eigenvalue weighted by Gasteiger charge is -2.27. The van der Waals surface area contributed by atoms with Crippen molar-refractivity contribution in [3.63, 3.8) is 0 Å². The highest BCUT2D eigenvalue weighted by molar-refractivity contribution is 6.09. The summed E-state index contributed by atoms with van der Waals surface area (Å²) < 4.78 is 2.15. The number of benzene rings is 1. The largest absolute Gasteiger partial charge is 0.348 e. The van der Waals surface area contributed by atoms with E-state index in [4.69, 9.17) is 0 Å². The molecule has 3 aromatic rings. The van der Waals surface area contributed by atoms with Crippen LogP contribution in [0.3, 0.4) is 0 Å². The van der Waals surface area contributed by atoms with E-state index in [0.717, 1.165) is 46.5 Å². The van der Waals surface area contributed by atoms with Gasteiger partial charge in [-0.25, -0.2) is 4.98 Å². The summed E-state index contributed by atoms with van der Waals surface area (Å²) in [4.78, 5) is 22.2. The van der Waals surface area contributed by atoms with Crippen molar-refractivity contribution in [3.05, 3.63) is 53.2 Å². The van der Waals surface area contributed by atoms with E-state index in [1.54, 1.807) is 6.33 Å². The summed E-state index contributed by atoms with van der Waals surface area (Å²) in [7, 11) is 2.04. The van der Waals surface area contributed by atoms with E-state index in [-0.39, 0.29) is 7.33 Å². The molecule has 0 bridgehead atoms. The zero-order chi connectivity index (χ0) is 15.3. The molecule has 22 heavy (non-hydrogen) atoms. The highest BCUT2D eigenvalue weighted by Gasteiger charge is 2.30. The summed E-state index contributed by atoms with van der Waals surface area (Å²) in [5.41, 5.74) is 5.09. The van der Waals surface area contributed by atoms with Gasteiger partial charge in [-0.05, 0) is 13.0 Å². The number of nitrogens with one attached hydrogen (secondary N) is 1. The molecule has 0 unspecified atom stereocenters. The minimum absolute atomic E-state index is 0. The molecule has 114 valence electrons. The molecule has 0 saturated heterocycles. The maximum absolute atomic E-state index is 13.0. The molecule has 2 aromatic heterocycles. The zero-order valence-electron chi connectivity index (χ0n) is 12.8. The van der Waals surface area contributed by atoms with Crippen molar-refractivity contribution in [1.29, 1.82) is 0 Å². The van der Waals surface area contributed by atoms with Gasteiger partial charge in [-0.2, -0.15) is 0 Å². The third kappa shape index (κ3) is 1.78. The second-order valence-corrected chi connectivity index (χ2v) is 5.85.